The maximum Gasteiger partial charge on any atom is 0.337 e. The normalized spacial score (nSPS) is 15.1. The zero-order valence-corrected chi connectivity index (χ0v) is 20.1. The lowest BCUT2D eigenvalue weighted by Gasteiger charge is -2.28. The number of nitrogens with one attached hydrogen (secondary N) is 3. The molecule has 0 fully saturated rings. The SMILES string of the molecule is COC(=O)C1=C(C)NC(=O)N[C@H]1c1ccc(OCC(=O)N/N=C\c2ccc(OC)c(O)c2)c(OC)c1. The van der Waals surface area contributed by atoms with Gasteiger partial charge in [0.05, 0.1) is 39.2 Å². The van der Waals surface area contributed by atoms with E-state index in [0.29, 0.717) is 22.6 Å². The summed E-state index contributed by atoms with van der Waals surface area (Å²) in [7, 11) is 4.11. The molecule has 0 saturated heterocycles. The van der Waals surface area contributed by atoms with Crippen molar-refractivity contribution in [3.63, 3.8) is 0 Å². The predicted molar refractivity (Wildman–Crippen MR) is 128 cm³/mol. The van der Waals surface area contributed by atoms with Crippen LogP contribution in [0.15, 0.2) is 52.8 Å². The van der Waals surface area contributed by atoms with Gasteiger partial charge in [0.15, 0.2) is 29.6 Å². The van der Waals surface area contributed by atoms with Crippen LogP contribution in [0.4, 0.5) is 4.79 Å². The lowest BCUT2D eigenvalue weighted by Crippen LogP contribution is -2.45. The summed E-state index contributed by atoms with van der Waals surface area (Å²) in [6.45, 7) is 1.24. The monoisotopic (exact) mass is 498 g/mol. The molecule has 2 aromatic carbocycles. The number of phenolic OH excluding ortho intramolecular Hbond substituents is 1. The lowest BCUT2D eigenvalue weighted by molar-refractivity contribution is -0.136. The fraction of sp³-hybridized carbons (Fsp3) is 0.250. The molecule has 0 bridgehead atoms. The number of carbonyl (C=O) groups excluding carboxylic acids is 3. The van der Waals surface area contributed by atoms with Crippen LogP contribution in [0.1, 0.15) is 24.1 Å². The van der Waals surface area contributed by atoms with Crippen molar-refractivity contribution < 1.29 is 38.4 Å². The van der Waals surface area contributed by atoms with Gasteiger partial charge in [-0.1, -0.05) is 6.07 Å². The van der Waals surface area contributed by atoms with Crippen LogP contribution >= 0.6 is 0 Å². The van der Waals surface area contributed by atoms with Gasteiger partial charge in [-0.05, 0) is 48.4 Å². The Morgan fingerprint density at radius 1 is 1.08 bits per heavy atom. The molecule has 1 atom stereocenters. The summed E-state index contributed by atoms with van der Waals surface area (Å²) in [5.41, 5.74) is 4.04. The zero-order chi connectivity index (χ0) is 26.2. The first-order valence-electron chi connectivity index (χ1n) is 10.6. The quantitative estimate of drug-likeness (QED) is 0.231. The molecule has 0 unspecified atom stereocenters. The first-order valence-corrected chi connectivity index (χ1v) is 10.6. The van der Waals surface area contributed by atoms with E-state index in [2.05, 4.69) is 21.2 Å². The summed E-state index contributed by atoms with van der Waals surface area (Å²) in [6.07, 6.45) is 1.36. The van der Waals surface area contributed by atoms with Gasteiger partial charge in [-0.25, -0.2) is 15.0 Å². The van der Waals surface area contributed by atoms with E-state index in [9.17, 15) is 19.5 Å². The Bertz CT molecular complexity index is 1220. The molecule has 2 aromatic rings. The zero-order valence-electron chi connectivity index (χ0n) is 20.1. The molecule has 1 aliphatic heterocycles. The Hall–Kier alpha value is -4.74. The van der Waals surface area contributed by atoms with Crippen molar-refractivity contribution in [2.45, 2.75) is 13.0 Å². The maximum atomic E-state index is 12.3. The average Bonchev–Trinajstić information content (AvgIpc) is 2.86. The first kappa shape index (κ1) is 25.9. The molecule has 190 valence electrons. The standard InChI is InChI=1S/C24H26N4O8/c1-13-21(23(31)35-4)22(27-24(32)26-13)15-6-8-18(19(10-15)34-3)36-12-20(30)28-25-11-14-5-7-17(33-2)16(29)9-14/h5-11,22,29H,12H2,1-4H3,(H,28,30)(H2,26,27,32)/b25-11-/t22-/m0/s1. The second kappa shape index (κ2) is 11.6. The maximum absolute atomic E-state index is 12.3. The number of allylic oxidation sites excluding steroid dienone is 1. The molecule has 3 amide bonds. The molecular formula is C24H26N4O8. The summed E-state index contributed by atoms with van der Waals surface area (Å²) in [6, 6.07) is 8.20. The molecule has 1 heterocycles. The van der Waals surface area contributed by atoms with Gasteiger partial charge in [-0.15, -0.1) is 0 Å². The molecule has 1 aliphatic rings. The Balaban J connectivity index is 1.66. The lowest BCUT2D eigenvalue weighted by atomic mass is 9.95. The third-order valence-electron chi connectivity index (χ3n) is 5.16. The van der Waals surface area contributed by atoms with E-state index in [-0.39, 0.29) is 29.4 Å². The average molecular weight is 498 g/mol. The number of esters is 1. The Kier molecular flexibility index (Phi) is 8.34. The second-order valence-electron chi connectivity index (χ2n) is 7.49. The summed E-state index contributed by atoms with van der Waals surface area (Å²) < 4.78 is 20.7. The highest BCUT2D eigenvalue weighted by molar-refractivity contribution is 5.95. The topological polar surface area (TPSA) is 157 Å². The van der Waals surface area contributed by atoms with Crippen LogP contribution in [-0.4, -0.2) is 57.2 Å². The summed E-state index contributed by atoms with van der Waals surface area (Å²) in [5, 5.41) is 18.9. The number of ether oxygens (including phenoxy) is 4. The molecule has 0 aliphatic carbocycles. The first-order chi connectivity index (χ1) is 17.3. The highest BCUT2D eigenvalue weighted by Gasteiger charge is 2.32. The van der Waals surface area contributed by atoms with Crippen molar-refractivity contribution in [2.75, 3.05) is 27.9 Å². The summed E-state index contributed by atoms with van der Waals surface area (Å²) in [4.78, 5) is 36.4. The van der Waals surface area contributed by atoms with Crippen molar-refractivity contribution in [1.82, 2.24) is 16.1 Å². The number of amides is 3. The number of nitrogens with zero attached hydrogens (tertiary/aromatic N) is 1. The summed E-state index contributed by atoms with van der Waals surface area (Å²) in [5.74, 6) is -0.313. The number of rotatable bonds is 9. The van der Waals surface area contributed by atoms with Crippen molar-refractivity contribution in [2.24, 2.45) is 5.10 Å². The number of hydrazone groups is 1. The van der Waals surface area contributed by atoms with Crippen molar-refractivity contribution in [3.8, 4) is 23.0 Å². The molecular weight excluding hydrogens is 472 g/mol. The van der Waals surface area contributed by atoms with Gasteiger partial charge in [-0.3, -0.25) is 4.79 Å². The minimum Gasteiger partial charge on any atom is -0.504 e. The summed E-state index contributed by atoms with van der Waals surface area (Å²) >= 11 is 0. The van der Waals surface area contributed by atoms with Gasteiger partial charge in [-0.2, -0.15) is 5.10 Å². The number of hydrogen-bond donors (Lipinski definition) is 4. The van der Waals surface area contributed by atoms with Crippen LogP contribution in [0.25, 0.3) is 0 Å². The molecule has 4 N–H and O–H groups in total. The Morgan fingerprint density at radius 2 is 1.81 bits per heavy atom. The van der Waals surface area contributed by atoms with E-state index < -0.39 is 23.9 Å². The fourth-order valence-electron chi connectivity index (χ4n) is 3.45. The van der Waals surface area contributed by atoms with E-state index >= 15 is 0 Å². The number of methoxy groups -OCH3 is 3. The van der Waals surface area contributed by atoms with E-state index in [1.807, 2.05) is 0 Å². The van der Waals surface area contributed by atoms with Crippen molar-refractivity contribution >= 4 is 24.1 Å². The van der Waals surface area contributed by atoms with Crippen molar-refractivity contribution in [1.29, 1.82) is 0 Å². The molecule has 36 heavy (non-hydrogen) atoms. The van der Waals surface area contributed by atoms with Crippen LogP contribution in [0.3, 0.4) is 0 Å². The predicted octanol–water partition coefficient (Wildman–Crippen LogP) is 1.74. The highest BCUT2D eigenvalue weighted by atomic mass is 16.5. The number of urea groups is 1. The number of benzene rings is 2. The van der Waals surface area contributed by atoms with Crippen LogP contribution in [-0.2, 0) is 14.3 Å². The van der Waals surface area contributed by atoms with Gasteiger partial charge in [0.2, 0.25) is 0 Å². The van der Waals surface area contributed by atoms with Crippen LogP contribution in [0, 0.1) is 0 Å². The van der Waals surface area contributed by atoms with Crippen LogP contribution in [0.2, 0.25) is 0 Å². The van der Waals surface area contributed by atoms with Gasteiger partial charge < -0.3 is 34.7 Å². The van der Waals surface area contributed by atoms with Gasteiger partial charge in [0, 0.05) is 5.70 Å². The Labute approximate surface area is 206 Å². The third-order valence-corrected chi connectivity index (χ3v) is 5.16. The molecule has 0 spiro atoms. The van der Waals surface area contributed by atoms with E-state index in [0.717, 1.165) is 0 Å². The van der Waals surface area contributed by atoms with Gasteiger partial charge in [0.1, 0.15) is 0 Å². The van der Waals surface area contributed by atoms with Gasteiger partial charge >= 0.3 is 12.0 Å². The molecule has 12 heteroatoms. The van der Waals surface area contributed by atoms with E-state index in [1.165, 1.54) is 33.6 Å². The second-order valence-corrected chi connectivity index (χ2v) is 7.49. The van der Waals surface area contributed by atoms with Crippen LogP contribution in [0.5, 0.6) is 23.0 Å². The van der Waals surface area contributed by atoms with Crippen molar-refractivity contribution in [3.05, 3.63) is 58.8 Å². The minimum absolute atomic E-state index is 0.0555. The molecule has 0 radical (unpaired) electrons. The van der Waals surface area contributed by atoms with Crippen LogP contribution < -0.4 is 30.3 Å². The number of carbonyl (C=O) groups is 3. The number of phenols is 1. The molecule has 0 aromatic heterocycles. The number of aromatic hydroxyl groups is 1. The van der Waals surface area contributed by atoms with Gasteiger partial charge in [0.25, 0.3) is 5.91 Å². The largest absolute Gasteiger partial charge is 0.504 e. The van der Waals surface area contributed by atoms with E-state index in [1.54, 1.807) is 37.3 Å². The minimum atomic E-state index is -0.774. The number of hydrogen-bond acceptors (Lipinski definition) is 9. The molecule has 12 nitrogen and oxygen atoms in total. The molecule has 0 saturated carbocycles. The highest BCUT2D eigenvalue weighted by Crippen LogP contribution is 2.34. The van der Waals surface area contributed by atoms with E-state index in [4.69, 9.17) is 18.9 Å². The smallest absolute Gasteiger partial charge is 0.337 e. The third kappa shape index (κ3) is 6.03. The fourth-order valence-corrected chi connectivity index (χ4v) is 3.45. The Morgan fingerprint density at radius 3 is 2.47 bits per heavy atom. The molecule has 3 rings (SSSR count).